The monoisotopic (exact) mass is 225 g/mol. The van der Waals surface area contributed by atoms with Crippen LogP contribution < -0.4 is 4.74 Å². The van der Waals surface area contributed by atoms with E-state index in [-0.39, 0.29) is 0 Å². The van der Waals surface area contributed by atoms with Gasteiger partial charge in [0.2, 0.25) is 0 Å². The van der Waals surface area contributed by atoms with Crippen molar-refractivity contribution < 1.29 is 4.74 Å². The summed E-state index contributed by atoms with van der Waals surface area (Å²) in [4.78, 5) is 2.34. The summed E-state index contributed by atoms with van der Waals surface area (Å²) in [6.45, 7) is 3.15. The lowest BCUT2D eigenvalue weighted by Gasteiger charge is -2.12. The number of hydrogen-bond acceptors (Lipinski definition) is 2. The van der Waals surface area contributed by atoms with E-state index >= 15 is 0 Å². The number of hydrogen-bond donors (Lipinski definition) is 0. The van der Waals surface area contributed by atoms with Gasteiger partial charge in [0, 0.05) is 17.5 Å². The Balaban J connectivity index is 1.80. The van der Waals surface area contributed by atoms with Crippen LogP contribution in [0, 0.1) is 5.92 Å². The third-order valence-electron chi connectivity index (χ3n) is 2.79. The smallest absolute Gasteiger partial charge is 0.119 e. The first kappa shape index (κ1) is 10.8. The predicted octanol–water partition coefficient (Wildman–Crippen LogP) is 2.67. The molecule has 2 nitrogen and oxygen atoms in total. The van der Waals surface area contributed by atoms with Gasteiger partial charge in [0.15, 0.2) is 0 Å². The Labute approximate surface area is 95.8 Å². The first-order valence-corrected chi connectivity index (χ1v) is 5.69. The van der Waals surface area contributed by atoms with E-state index in [4.69, 9.17) is 16.3 Å². The van der Waals surface area contributed by atoms with Crippen LogP contribution in [-0.2, 0) is 0 Å². The highest BCUT2D eigenvalue weighted by Crippen LogP contribution is 2.19. The van der Waals surface area contributed by atoms with Crippen LogP contribution in [0.5, 0.6) is 5.75 Å². The van der Waals surface area contributed by atoms with E-state index in [0.29, 0.717) is 5.92 Å². The Morgan fingerprint density at radius 3 is 2.73 bits per heavy atom. The fourth-order valence-corrected chi connectivity index (χ4v) is 2.03. The van der Waals surface area contributed by atoms with E-state index in [9.17, 15) is 0 Å². The molecule has 0 aromatic heterocycles. The van der Waals surface area contributed by atoms with Crippen LogP contribution in [0.2, 0.25) is 5.02 Å². The molecule has 2 rings (SSSR count). The summed E-state index contributed by atoms with van der Waals surface area (Å²) in [5.74, 6) is 1.58. The van der Waals surface area contributed by atoms with Gasteiger partial charge in [0.1, 0.15) is 5.75 Å². The van der Waals surface area contributed by atoms with E-state index in [1.54, 1.807) is 0 Å². The molecule has 0 aliphatic carbocycles. The minimum Gasteiger partial charge on any atom is -0.493 e. The van der Waals surface area contributed by atoms with Crippen LogP contribution in [0.1, 0.15) is 6.42 Å². The Morgan fingerprint density at radius 1 is 1.40 bits per heavy atom. The maximum Gasteiger partial charge on any atom is 0.119 e. The number of rotatable bonds is 3. The Morgan fingerprint density at radius 2 is 2.13 bits per heavy atom. The quantitative estimate of drug-likeness (QED) is 0.784. The van der Waals surface area contributed by atoms with Crippen LogP contribution in [0.25, 0.3) is 0 Å². The first-order valence-electron chi connectivity index (χ1n) is 5.31. The zero-order valence-corrected chi connectivity index (χ0v) is 9.70. The normalized spacial score (nSPS) is 21.9. The van der Waals surface area contributed by atoms with Crippen molar-refractivity contribution in [1.29, 1.82) is 0 Å². The van der Waals surface area contributed by atoms with Crippen molar-refractivity contribution >= 4 is 11.6 Å². The molecule has 0 amide bonds. The van der Waals surface area contributed by atoms with Gasteiger partial charge in [-0.3, -0.25) is 0 Å². The molecule has 1 heterocycles. The summed E-state index contributed by atoms with van der Waals surface area (Å²) in [6.07, 6.45) is 1.24. The average Bonchev–Trinajstić information content (AvgIpc) is 2.64. The van der Waals surface area contributed by atoms with Crippen molar-refractivity contribution in [2.24, 2.45) is 5.92 Å². The molecule has 1 saturated heterocycles. The van der Waals surface area contributed by atoms with Crippen LogP contribution in [0.15, 0.2) is 24.3 Å². The number of halogens is 1. The van der Waals surface area contributed by atoms with E-state index < -0.39 is 0 Å². The fourth-order valence-electron chi connectivity index (χ4n) is 1.91. The molecular weight excluding hydrogens is 210 g/mol. The van der Waals surface area contributed by atoms with Gasteiger partial charge >= 0.3 is 0 Å². The molecule has 15 heavy (non-hydrogen) atoms. The van der Waals surface area contributed by atoms with E-state index in [1.165, 1.54) is 13.0 Å². The highest BCUT2D eigenvalue weighted by atomic mass is 35.5. The molecule has 1 aromatic rings. The average molecular weight is 226 g/mol. The van der Waals surface area contributed by atoms with Gasteiger partial charge in [-0.25, -0.2) is 0 Å². The lowest BCUT2D eigenvalue weighted by atomic mass is 10.1. The highest BCUT2D eigenvalue weighted by molar-refractivity contribution is 6.30. The molecule has 1 aliphatic rings. The zero-order valence-electron chi connectivity index (χ0n) is 8.95. The topological polar surface area (TPSA) is 12.5 Å². The van der Waals surface area contributed by atoms with E-state index in [1.807, 2.05) is 24.3 Å². The number of likely N-dealkylation sites (tertiary alicyclic amines) is 1. The number of ether oxygens (including phenoxy) is 1. The van der Waals surface area contributed by atoms with Gasteiger partial charge in [-0.15, -0.1) is 0 Å². The lowest BCUT2D eigenvalue weighted by Crippen LogP contribution is -2.17. The number of nitrogens with zero attached hydrogens (tertiary/aromatic N) is 1. The van der Waals surface area contributed by atoms with Crippen LogP contribution >= 0.6 is 11.6 Å². The van der Waals surface area contributed by atoms with Crippen molar-refractivity contribution in [3.05, 3.63) is 29.3 Å². The molecule has 0 saturated carbocycles. The van der Waals surface area contributed by atoms with Crippen LogP contribution in [-0.4, -0.2) is 31.6 Å². The molecule has 0 bridgehead atoms. The second-order valence-electron chi connectivity index (χ2n) is 4.18. The SMILES string of the molecule is CN1CCC(COc2ccc(Cl)cc2)C1. The number of benzene rings is 1. The maximum atomic E-state index is 5.80. The minimum absolute atomic E-state index is 0.672. The van der Waals surface area contributed by atoms with Gasteiger partial charge in [-0.1, -0.05) is 11.6 Å². The molecule has 1 aliphatic heterocycles. The highest BCUT2D eigenvalue weighted by Gasteiger charge is 2.19. The molecule has 0 spiro atoms. The fraction of sp³-hybridized carbons (Fsp3) is 0.500. The van der Waals surface area contributed by atoms with Gasteiger partial charge < -0.3 is 9.64 Å². The summed E-state index contributed by atoms with van der Waals surface area (Å²) >= 11 is 5.80. The molecule has 0 radical (unpaired) electrons. The molecule has 82 valence electrons. The van der Waals surface area contributed by atoms with Crippen molar-refractivity contribution in [2.75, 3.05) is 26.7 Å². The Kier molecular flexibility index (Phi) is 3.49. The van der Waals surface area contributed by atoms with Crippen molar-refractivity contribution in [1.82, 2.24) is 4.90 Å². The van der Waals surface area contributed by atoms with Crippen molar-refractivity contribution in [3.8, 4) is 5.75 Å². The van der Waals surface area contributed by atoms with Gasteiger partial charge in [0.25, 0.3) is 0 Å². The van der Waals surface area contributed by atoms with Gasteiger partial charge in [-0.05, 0) is 44.3 Å². The summed E-state index contributed by atoms with van der Waals surface area (Å²) in [5, 5.41) is 0.753. The molecular formula is C12H16ClNO. The van der Waals surface area contributed by atoms with Crippen LogP contribution in [0.3, 0.4) is 0 Å². The second kappa shape index (κ2) is 4.86. The van der Waals surface area contributed by atoms with E-state index in [2.05, 4.69) is 11.9 Å². The lowest BCUT2D eigenvalue weighted by molar-refractivity contribution is 0.249. The Hall–Kier alpha value is -0.730. The minimum atomic E-state index is 0.672. The van der Waals surface area contributed by atoms with Crippen LogP contribution in [0.4, 0.5) is 0 Å². The molecule has 3 heteroatoms. The summed E-state index contributed by atoms with van der Waals surface area (Å²) in [7, 11) is 2.16. The molecule has 1 atom stereocenters. The standard InChI is InChI=1S/C12H16ClNO/c1-14-7-6-10(8-14)9-15-12-4-2-11(13)3-5-12/h2-5,10H,6-9H2,1H3. The van der Waals surface area contributed by atoms with Gasteiger partial charge in [0.05, 0.1) is 6.61 Å². The maximum absolute atomic E-state index is 5.80. The predicted molar refractivity (Wildman–Crippen MR) is 62.6 cm³/mol. The van der Waals surface area contributed by atoms with E-state index in [0.717, 1.165) is 23.9 Å². The third kappa shape index (κ3) is 3.11. The summed E-state index contributed by atoms with van der Waals surface area (Å²) in [5.41, 5.74) is 0. The van der Waals surface area contributed by atoms with Crippen molar-refractivity contribution in [2.45, 2.75) is 6.42 Å². The summed E-state index contributed by atoms with van der Waals surface area (Å²) < 4.78 is 5.71. The second-order valence-corrected chi connectivity index (χ2v) is 4.62. The molecule has 1 aromatic carbocycles. The third-order valence-corrected chi connectivity index (χ3v) is 3.04. The Bertz CT molecular complexity index is 312. The van der Waals surface area contributed by atoms with Gasteiger partial charge in [-0.2, -0.15) is 0 Å². The molecule has 0 N–H and O–H groups in total. The largest absolute Gasteiger partial charge is 0.493 e. The molecule has 1 unspecified atom stereocenters. The summed E-state index contributed by atoms with van der Waals surface area (Å²) in [6, 6.07) is 7.55. The zero-order chi connectivity index (χ0) is 10.7. The first-order chi connectivity index (χ1) is 7.24. The van der Waals surface area contributed by atoms with Crippen molar-refractivity contribution in [3.63, 3.8) is 0 Å². The molecule has 1 fully saturated rings.